The number of esters is 1. The Hall–Kier alpha value is -3.81. The van der Waals surface area contributed by atoms with Crippen molar-refractivity contribution >= 4 is 22.7 Å². The number of ketones is 1. The Bertz CT molecular complexity index is 1300. The molecular formula is C23H20O8. The summed E-state index contributed by atoms with van der Waals surface area (Å²) in [5.41, 5.74) is 0.577. The number of carbonyl (C=O) groups is 2. The van der Waals surface area contributed by atoms with Gasteiger partial charge in [-0.1, -0.05) is 6.07 Å². The third-order valence-electron chi connectivity index (χ3n) is 5.32. The van der Waals surface area contributed by atoms with Crippen LogP contribution in [0.4, 0.5) is 0 Å². The summed E-state index contributed by atoms with van der Waals surface area (Å²) in [7, 11) is 0. The van der Waals surface area contributed by atoms with Gasteiger partial charge >= 0.3 is 11.6 Å². The van der Waals surface area contributed by atoms with Crippen molar-refractivity contribution in [2.75, 3.05) is 6.61 Å². The van der Waals surface area contributed by atoms with Gasteiger partial charge in [-0.3, -0.25) is 9.59 Å². The van der Waals surface area contributed by atoms with Crippen LogP contribution in [0, 0.1) is 6.92 Å². The van der Waals surface area contributed by atoms with Gasteiger partial charge < -0.3 is 24.1 Å². The molecule has 8 nitrogen and oxygen atoms in total. The summed E-state index contributed by atoms with van der Waals surface area (Å²) in [4.78, 5) is 37.0. The third-order valence-corrected chi connectivity index (χ3v) is 5.32. The van der Waals surface area contributed by atoms with Gasteiger partial charge in [0.25, 0.3) is 0 Å². The predicted molar refractivity (Wildman–Crippen MR) is 110 cm³/mol. The number of phenolic OH excluding ortho intramolecular Hbond substituents is 2. The van der Waals surface area contributed by atoms with E-state index in [0.717, 1.165) is 0 Å². The van der Waals surface area contributed by atoms with Crippen LogP contribution in [0.2, 0.25) is 0 Å². The zero-order valence-electron chi connectivity index (χ0n) is 17.1. The monoisotopic (exact) mass is 424 g/mol. The number of benzene rings is 2. The molecule has 31 heavy (non-hydrogen) atoms. The van der Waals surface area contributed by atoms with Gasteiger partial charge in [0.2, 0.25) is 0 Å². The van der Waals surface area contributed by atoms with E-state index in [9.17, 15) is 24.6 Å². The molecule has 0 amide bonds. The average Bonchev–Trinajstić information content (AvgIpc) is 2.68. The fraction of sp³-hybridized carbons (Fsp3) is 0.261. The lowest BCUT2D eigenvalue weighted by Crippen LogP contribution is -2.23. The van der Waals surface area contributed by atoms with E-state index < -0.39 is 29.0 Å². The Labute approximate surface area is 176 Å². The highest BCUT2D eigenvalue weighted by molar-refractivity contribution is 6.09. The first-order valence-electron chi connectivity index (χ1n) is 9.73. The first-order chi connectivity index (χ1) is 14.7. The highest BCUT2D eigenvalue weighted by Crippen LogP contribution is 2.50. The molecule has 8 heteroatoms. The highest BCUT2D eigenvalue weighted by Gasteiger charge is 2.37. The number of Topliss-reactive ketones (excluding diaryl/α,β-unsaturated/α-hetero) is 1. The molecule has 0 unspecified atom stereocenters. The van der Waals surface area contributed by atoms with E-state index in [1.54, 1.807) is 26.0 Å². The lowest BCUT2D eigenvalue weighted by Gasteiger charge is -2.28. The number of aromatic hydroxyl groups is 2. The van der Waals surface area contributed by atoms with Crippen LogP contribution in [0.5, 0.6) is 23.0 Å². The summed E-state index contributed by atoms with van der Waals surface area (Å²) < 4.78 is 16.3. The zero-order chi connectivity index (χ0) is 22.4. The van der Waals surface area contributed by atoms with Crippen molar-refractivity contribution in [3.63, 3.8) is 0 Å². The van der Waals surface area contributed by atoms with Crippen LogP contribution in [-0.2, 0) is 4.79 Å². The second-order valence-electron chi connectivity index (χ2n) is 7.37. The van der Waals surface area contributed by atoms with Gasteiger partial charge in [0.15, 0.2) is 23.0 Å². The number of fused-ring (bicyclic) bond motifs is 3. The maximum absolute atomic E-state index is 12.5. The van der Waals surface area contributed by atoms with Crippen molar-refractivity contribution in [3.05, 3.63) is 56.9 Å². The van der Waals surface area contributed by atoms with E-state index in [0.29, 0.717) is 23.3 Å². The topological polar surface area (TPSA) is 123 Å². The standard InChI is InChI=1S/C23H20O8/c1-4-29-15-8-12(5-6-14(15)25)13-9-17(27)31-23-19(11(3)24)21(28)18-10(2)7-16(26)30-22(18)20(13)23/h5-8,13,25,28H,4,9H2,1-3H3/t13-/m0/s1. The molecule has 0 radical (unpaired) electrons. The maximum atomic E-state index is 12.5. The Balaban J connectivity index is 2.11. The summed E-state index contributed by atoms with van der Waals surface area (Å²) >= 11 is 0. The number of hydrogen-bond donors (Lipinski definition) is 2. The number of phenols is 2. The first-order valence-corrected chi connectivity index (χ1v) is 9.73. The van der Waals surface area contributed by atoms with Crippen molar-refractivity contribution in [3.8, 4) is 23.0 Å². The van der Waals surface area contributed by atoms with E-state index in [2.05, 4.69) is 0 Å². The Kier molecular flexibility index (Phi) is 4.93. The molecule has 1 atom stereocenters. The molecule has 0 fully saturated rings. The smallest absolute Gasteiger partial charge is 0.336 e. The van der Waals surface area contributed by atoms with Crippen molar-refractivity contribution < 1.29 is 33.7 Å². The van der Waals surface area contributed by atoms with Crippen LogP contribution in [0.3, 0.4) is 0 Å². The van der Waals surface area contributed by atoms with Crippen LogP contribution >= 0.6 is 0 Å². The normalized spacial score (nSPS) is 15.5. The molecule has 160 valence electrons. The molecule has 1 aromatic heterocycles. The average molecular weight is 424 g/mol. The summed E-state index contributed by atoms with van der Waals surface area (Å²) in [6.45, 7) is 4.96. The second-order valence-corrected chi connectivity index (χ2v) is 7.37. The molecule has 0 bridgehead atoms. The van der Waals surface area contributed by atoms with Gasteiger partial charge in [0.1, 0.15) is 16.9 Å². The van der Waals surface area contributed by atoms with E-state index >= 15 is 0 Å². The lowest BCUT2D eigenvalue weighted by atomic mass is 9.82. The van der Waals surface area contributed by atoms with Gasteiger partial charge in [0, 0.05) is 17.5 Å². The Morgan fingerprint density at radius 1 is 1.23 bits per heavy atom. The Morgan fingerprint density at radius 3 is 2.65 bits per heavy atom. The fourth-order valence-corrected chi connectivity index (χ4v) is 4.04. The van der Waals surface area contributed by atoms with Crippen molar-refractivity contribution in [1.82, 2.24) is 0 Å². The van der Waals surface area contributed by atoms with Gasteiger partial charge in [-0.25, -0.2) is 4.79 Å². The molecule has 0 aliphatic carbocycles. The van der Waals surface area contributed by atoms with E-state index in [-0.39, 0.29) is 40.2 Å². The quantitative estimate of drug-likeness (QED) is 0.282. The SMILES string of the molecule is CCOc1cc([C@@H]2CC(=O)Oc3c(C(C)=O)c(O)c4c(C)cc(=O)oc4c32)ccc1O. The molecule has 0 saturated carbocycles. The highest BCUT2D eigenvalue weighted by atomic mass is 16.5. The van der Waals surface area contributed by atoms with Crippen molar-refractivity contribution in [2.45, 2.75) is 33.1 Å². The van der Waals surface area contributed by atoms with Gasteiger partial charge in [-0.2, -0.15) is 0 Å². The number of hydrogen-bond acceptors (Lipinski definition) is 8. The number of ether oxygens (including phenoxy) is 2. The largest absolute Gasteiger partial charge is 0.506 e. The predicted octanol–water partition coefficient (Wildman–Crippen LogP) is 3.55. The molecule has 4 rings (SSSR count). The first kappa shape index (κ1) is 20.5. The van der Waals surface area contributed by atoms with E-state index in [1.165, 1.54) is 19.1 Å². The molecule has 0 spiro atoms. The minimum Gasteiger partial charge on any atom is -0.506 e. The lowest BCUT2D eigenvalue weighted by molar-refractivity contribution is -0.135. The molecule has 0 saturated heterocycles. The fourth-order valence-electron chi connectivity index (χ4n) is 4.04. The number of aryl methyl sites for hydroxylation is 1. The number of rotatable bonds is 4. The van der Waals surface area contributed by atoms with E-state index in [4.69, 9.17) is 13.9 Å². The minimum absolute atomic E-state index is 0.0473. The summed E-state index contributed by atoms with van der Waals surface area (Å²) in [5, 5.41) is 21.1. The van der Waals surface area contributed by atoms with Crippen LogP contribution in [-0.4, -0.2) is 28.6 Å². The molecular weight excluding hydrogens is 404 g/mol. The minimum atomic E-state index is -0.665. The Morgan fingerprint density at radius 2 is 1.97 bits per heavy atom. The second kappa shape index (κ2) is 7.46. The van der Waals surface area contributed by atoms with Gasteiger partial charge in [-0.15, -0.1) is 0 Å². The summed E-state index contributed by atoms with van der Waals surface area (Å²) in [6, 6.07) is 5.86. The molecule has 1 aliphatic rings. The van der Waals surface area contributed by atoms with Crippen molar-refractivity contribution in [2.24, 2.45) is 0 Å². The molecule has 3 aromatic rings. The van der Waals surface area contributed by atoms with Gasteiger partial charge in [-0.05, 0) is 44.0 Å². The zero-order valence-corrected chi connectivity index (χ0v) is 17.1. The summed E-state index contributed by atoms with van der Waals surface area (Å²) in [6.07, 6.45) is -0.0990. The van der Waals surface area contributed by atoms with Crippen LogP contribution in [0.15, 0.2) is 33.5 Å². The summed E-state index contributed by atoms with van der Waals surface area (Å²) in [5.74, 6) is -2.15. The molecule has 2 N–H and O–H groups in total. The maximum Gasteiger partial charge on any atom is 0.336 e. The van der Waals surface area contributed by atoms with E-state index in [1.807, 2.05) is 0 Å². The van der Waals surface area contributed by atoms with Crippen LogP contribution in [0.25, 0.3) is 11.0 Å². The van der Waals surface area contributed by atoms with Crippen LogP contribution in [0.1, 0.15) is 53.2 Å². The molecule has 1 aliphatic heterocycles. The molecule has 2 aromatic carbocycles. The third kappa shape index (κ3) is 3.30. The van der Waals surface area contributed by atoms with Crippen LogP contribution < -0.4 is 15.1 Å². The molecule has 2 heterocycles. The van der Waals surface area contributed by atoms with Gasteiger partial charge in [0.05, 0.1) is 18.4 Å². The number of carbonyl (C=O) groups excluding carboxylic acids is 2. The van der Waals surface area contributed by atoms with Crippen molar-refractivity contribution in [1.29, 1.82) is 0 Å².